The van der Waals surface area contributed by atoms with E-state index in [1.54, 1.807) is 7.11 Å². The Bertz CT molecular complexity index is 1090. The van der Waals surface area contributed by atoms with Gasteiger partial charge in [0.05, 0.1) is 25.3 Å². The SMILES string of the molecule is COc1ccc(-n2c(C)c(C)c(C#N)c2NC(=O)CNC(C)c2ccc(C)o2)cc1. The second kappa shape index (κ2) is 8.89. The first-order valence-corrected chi connectivity index (χ1v) is 9.71. The molecule has 156 valence electrons. The molecule has 0 spiro atoms. The van der Waals surface area contributed by atoms with Crippen LogP contribution in [0.15, 0.2) is 40.8 Å². The van der Waals surface area contributed by atoms with E-state index in [1.807, 2.05) is 68.7 Å². The minimum absolute atomic E-state index is 0.0810. The number of aryl methyl sites for hydroxylation is 1. The molecular formula is C23H26N4O3. The molecule has 1 unspecified atom stereocenters. The highest BCUT2D eigenvalue weighted by atomic mass is 16.5. The van der Waals surface area contributed by atoms with Crippen molar-refractivity contribution in [3.63, 3.8) is 0 Å². The molecule has 0 saturated carbocycles. The molecule has 7 heteroatoms. The fourth-order valence-electron chi connectivity index (χ4n) is 3.32. The number of furan rings is 1. The molecule has 30 heavy (non-hydrogen) atoms. The van der Waals surface area contributed by atoms with Crippen molar-refractivity contribution >= 4 is 11.7 Å². The van der Waals surface area contributed by atoms with Crippen LogP contribution >= 0.6 is 0 Å². The van der Waals surface area contributed by atoms with Crippen molar-refractivity contribution in [2.45, 2.75) is 33.7 Å². The molecule has 2 heterocycles. The first-order valence-electron chi connectivity index (χ1n) is 9.71. The van der Waals surface area contributed by atoms with E-state index < -0.39 is 0 Å². The van der Waals surface area contributed by atoms with Crippen LogP contribution in [0.5, 0.6) is 5.75 Å². The number of nitrogens with one attached hydrogen (secondary N) is 2. The van der Waals surface area contributed by atoms with E-state index in [0.717, 1.165) is 34.2 Å². The Balaban J connectivity index is 1.82. The summed E-state index contributed by atoms with van der Waals surface area (Å²) >= 11 is 0. The van der Waals surface area contributed by atoms with E-state index >= 15 is 0 Å². The van der Waals surface area contributed by atoms with E-state index in [9.17, 15) is 10.1 Å². The maximum Gasteiger partial charge on any atom is 0.239 e. The summed E-state index contributed by atoms with van der Waals surface area (Å²) in [4.78, 5) is 12.7. The molecule has 2 N–H and O–H groups in total. The molecular weight excluding hydrogens is 380 g/mol. The molecule has 0 aliphatic carbocycles. The number of nitrogens with zero attached hydrogens (tertiary/aromatic N) is 2. The molecule has 3 aromatic rings. The lowest BCUT2D eigenvalue weighted by Crippen LogP contribution is -2.30. The normalized spacial score (nSPS) is 11.7. The van der Waals surface area contributed by atoms with Crippen molar-refractivity contribution in [1.29, 1.82) is 5.26 Å². The number of rotatable bonds is 7. The van der Waals surface area contributed by atoms with Gasteiger partial charge in [0.2, 0.25) is 5.91 Å². The standard InChI is InChI=1S/C23H26N4O3/c1-14-6-11-21(30-14)16(3)25-13-22(28)26-23-20(12-24)15(2)17(4)27(23)18-7-9-19(29-5)10-8-18/h6-11,16,25H,13H2,1-5H3,(H,26,28). The number of anilines is 1. The van der Waals surface area contributed by atoms with Gasteiger partial charge in [-0.05, 0) is 69.7 Å². The molecule has 0 radical (unpaired) electrons. The van der Waals surface area contributed by atoms with Crippen LogP contribution < -0.4 is 15.4 Å². The van der Waals surface area contributed by atoms with Crippen LogP contribution in [-0.4, -0.2) is 24.1 Å². The lowest BCUT2D eigenvalue weighted by Gasteiger charge is -2.15. The minimum atomic E-state index is -0.242. The monoisotopic (exact) mass is 406 g/mol. The molecule has 1 aromatic carbocycles. The van der Waals surface area contributed by atoms with E-state index in [0.29, 0.717) is 11.4 Å². The van der Waals surface area contributed by atoms with E-state index in [2.05, 4.69) is 16.7 Å². The topological polar surface area (TPSA) is 92.2 Å². The Hall–Kier alpha value is -3.50. The molecule has 0 fully saturated rings. The molecule has 0 aliphatic rings. The number of ether oxygens (including phenoxy) is 1. The van der Waals surface area contributed by atoms with Gasteiger partial charge in [-0.1, -0.05) is 0 Å². The van der Waals surface area contributed by atoms with Crippen LogP contribution in [0, 0.1) is 32.1 Å². The van der Waals surface area contributed by atoms with Crippen molar-refractivity contribution in [1.82, 2.24) is 9.88 Å². The molecule has 2 aromatic heterocycles. The highest BCUT2D eigenvalue weighted by molar-refractivity contribution is 5.93. The molecule has 3 rings (SSSR count). The van der Waals surface area contributed by atoms with Gasteiger partial charge in [0.1, 0.15) is 29.2 Å². The van der Waals surface area contributed by atoms with Gasteiger partial charge >= 0.3 is 0 Å². The predicted molar refractivity (Wildman–Crippen MR) is 115 cm³/mol. The molecule has 0 saturated heterocycles. The lowest BCUT2D eigenvalue weighted by molar-refractivity contribution is -0.115. The van der Waals surface area contributed by atoms with Crippen LogP contribution in [0.1, 0.15) is 41.3 Å². The molecule has 0 aliphatic heterocycles. The van der Waals surface area contributed by atoms with E-state index in [-0.39, 0.29) is 18.5 Å². The first kappa shape index (κ1) is 21.2. The Morgan fingerprint density at radius 1 is 1.20 bits per heavy atom. The molecule has 7 nitrogen and oxygen atoms in total. The number of methoxy groups -OCH3 is 1. The molecule has 1 amide bonds. The number of hydrogen-bond acceptors (Lipinski definition) is 5. The first-order chi connectivity index (χ1) is 14.3. The summed E-state index contributed by atoms with van der Waals surface area (Å²) in [5, 5.41) is 15.7. The zero-order chi connectivity index (χ0) is 21.8. The number of aromatic nitrogens is 1. The third-order valence-corrected chi connectivity index (χ3v) is 5.17. The summed E-state index contributed by atoms with van der Waals surface area (Å²) in [7, 11) is 1.61. The summed E-state index contributed by atoms with van der Waals surface area (Å²) in [6, 6.07) is 13.4. The Morgan fingerprint density at radius 2 is 1.90 bits per heavy atom. The number of benzene rings is 1. The van der Waals surface area contributed by atoms with Gasteiger partial charge in [-0.2, -0.15) is 5.26 Å². The zero-order valence-corrected chi connectivity index (χ0v) is 17.9. The summed E-state index contributed by atoms with van der Waals surface area (Å²) in [5.74, 6) is 2.55. The fraction of sp³-hybridized carbons (Fsp3) is 0.304. The van der Waals surface area contributed by atoms with Gasteiger partial charge < -0.3 is 14.5 Å². The smallest absolute Gasteiger partial charge is 0.239 e. The zero-order valence-electron chi connectivity index (χ0n) is 17.9. The third-order valence-electron chi connectivity index (χ3n) is 5.17. The number of amides is 1. The van der Waals surface area contributed by atoms with Crippen LogP contribution in [0.3, 0.4) is 0 Å². The summed E-state index contributed by atoms with van der Waals surface area (Å²) < 4.78 is 12.7. The van der Waals surface area contributed by atoms with Gasteiger partial charge in [-0.15, -0.1) is 0 Å². The van der Waals surface area contributed by atoms with Crippen molar-refractivity contribution in [3.05, 3.63) is 64.7 Å². The van der Waals surface area contributed by atoms with Gasteiger partial charge in [0, 0.05) is 11.4 Å². The van der Waals surface area contributed by atoms with Crippen LogP contribution in [0.2, 0.25) is 0 Å². The largest absolute Gasteiger partial charge is 0.497 e. The van der Waals surface area contributed by atoms with Gasteiger partial charge in [0.25, 0.3) is 0 Å². The highest BCUT2D eigenvalue weighted by Crippen LogP contribution is 2.30. The number of carbonyl (C=O) groups excluding carboxylic acids is 1. The van der Waals surface area contributed by atoms with Gasteiger partial charge in [-0.25, -0.2) is 0 Å². The lowest BCUT2D eigenvalue weighted by atomic mass is 10.2. The maximum absolute atomic E-state index is 12.7. The number of hydrogen-bond donors (Lipinski definition) is 2. The average molecular weight is 406 g/mol. The van der Waals surface area contributed by atoms with Gasteiger partial charge in [0.15, 0.2) is 0 Å². The third kappa shape index (κ3) is 4.24. The van der Waals surface area contributed by atoms with Gasteiger partial charge in [-0.3, -0.25) is 14.7 Å². The summed E-state index contributed by atoms with van der Waals surface area (Å²) in [5.41, 5.74) is 3.00. The van der Waals surface area contributed by atoms with Crippen molar-refractivity contribution < 1.29 is 13.9 Å². The van der Waals surface area contributed by atoms with Crippen LogP contribution in [-0.2, 0) is 4.79 Å². The van der Waals surface area contributed by atoms with Crippen LogP contribution in [0.25, 0.3) is 5.69 Å². The molecule has 0 bridgehead atoms. The van der Waals surface area contributed by atoms with Crippen LogP contribution in [0.4, 0.5) is 5.82 Å². The maximum atomic E-state index is 12.7. The number of nitriles is 1. The highest BCUT2D eigenvalue weighted by Gasteiger charge is 2.21. The van der Waals surface area contributed by atoms with E-state index in [4.69, 9.17) is 9.15 Å². The van der Waals surface area contributed by atoms with Crippen molar-refractivity contribution in [2.75, 3.05) is 19.0 Å². The van der Waals surface area contributed by atoms with E-state index in [1.165, 1.54) is 0 Å². The predicted octanol–water partition coefficient (Wildman–Crippen LogP) is 4.17. The Labute approximate surface area is 176 Å². The average Bonchev–Trinajstić information content (AvgIpc) is 3.28. The Kier molecular flexibility index (Phi) is 6.28. The quantitative estimate of drug-likeness (QED) is 0.614. The summed E-state index contributed by atoms with van der Waals surface area (Å²) in [6.07, 6.45) is 0. The fourth-order valence-corrected chi connectivity index (χ4v) is 3.32. The number of carbonyl (C=O) groups is 1. The summed E-state index contributed by atoms with van der Waals surface area (Å²) in [6.45, 7) is 7.70. The van der Waals surface area contributed by atoms with Crippen molar-refractivity contribution in [3.8, 4) is 17.5 Å². The molecule has 1 atom stereocenters. The second-order valence-corrected chi connectivity index (χ2v) is 7.18. The minimum Gasteiger partial charge on any atom is -0.497 e. The van der Waals surface area contributed by atoms with Crippen molar-refractivity contribution in [2.24, 2.45) is 0 Å². The second-order valence-electron chi connectivity index (χ2n) is 7.18. The Morgan fingerprint density at radius 3 is 2.47 bits per heavy atom.